The maximum atomic E-state index is 11.3. The molecule has 1 unspecified atom stereocenters. The van der Waals surface area contributed by atoms with Gasteiger partial charge in [0.05, 0.1) is 23.5 Å². The molecule has 0 bridgehead atoms. The summed E-state index contributed by atoms with van der Waals surface area (Å²) in [7, 11) is 1.24. The lowest BCUT2D eigenvalue weighted by molar-refractivity contribution is -0.385. The summed E-state index contributed by atoms with van der Waals surface area (Å²) in [5.41, 5.74) is 0.109. The average Bonchev–Trinajstić information content (AvgIpc) is 2.35. The normalized spacial score (nSPS) is 11.6. The van der Waals surface area contributed by atoms with E-state index in [1.807, 2.05) is 0 Å². The summed E-state index contributed by atoms with van der Waals surface area (Å²) in [5.74, 6) is -1.10. The second kappa shape index (κ2) is 5.20. The summed E-state index contributed by atoms with van der Waals surface area (Å²) >= 11 is 0. The van der Waals surface area contributed by atoms with Crippen molar-refractivity contribution in [2.24, 2.45) is 0 Å². The zero-order chi connectivity index (χ0) is 13.0. The van der Waals surface area contributed by atoms with E-state index in [0.717, 1.165) is 0 Å². The predicted octanol–water partition coefficient (Wildman–Crippen LogP) is 1.68. The number of nitro groups is 1. The van der Waals surface area contributed by atoms with Gasteiger partial charge in [0.1, 0.15) is 0 Å². The van der Waals surface area contributed by atoms with Gasteiger partial charge in [-0.3, -0.25) is 19.7 Å². The lowest BCUT2D eigenvalue weighted by atomic mass is 9.99. The molecule has 6 nitrogen and oxygen atoms in total. The summed E-state index contributed by atoms with van der Waals surface area (Å²) in [5, 5.41) is 10.7. The molecule has 1 rings (SSSR count). The van der Waals surface area contributed by atoms with E-state index < -0.39 is 16.8 Å². The highest BCUT2D eigenvalue weighted by molar-refractivity contribution is 5.83. The quantitative estimate of drug-likeness (QED) is 0.344. The van der Waals surface area contributed by atoms with E-state index in [1.165, 1.54) is 25.3 Å². The Bertz CT molecular complexity index is 469. The van der Waals surface area contributed by atoms with Crippen molar-refractivity contribution < 1.29 is 19.2 Å². The molecule has 0 aromatic heterocycles. The Morgan fingerprint density at radius 3 is 2.65 bits per heavy atom. The first-order valence-corrected chi connectivity index (χ1v) is 4.82. The van der Waals surface area contributed by atoms with E-state index in [-0.39, 0.29) is 11.3 Å². The van der Waals surface area contributed by atoms with Crippen LogP contribution in [0.1, 0.15) is 28.8 Å². The lowest BCUT2D eigenvalue weighted by Crippen LogP contribution is -2.11. The highest BCUT2D eigenvalue weighted by atomic mass is 16.6. The number of esters is 1. The predicted molar refractivity (Wildman–Crippen MR) is 58.9 cm³/mol. The van der Waals surface area contributed by atoms with Gasteiger partial charge in [-0.25, -0.2) is 0 Å². The number of benzene rings is 1. The lowest BCUT2D eigenvalue weighted by Gasteiger charge is -2.09. The van der Waals surface area contributed by atoms with Crippen LogP contribution in [0.5, 0.6) is 0 Å². The Morgan fingerprint density at radius 1 is 1.53 bits per heavy atom. The number of hydrogen-bond acceptors (Lipinski definition) is 5. The molecular formula is C11H11NO5. The zero-order valence-electron chi connectivity index (χ0n) is 9.38. The summed E-state index contributed by atoms with van der Waals surface area (Å²) in [4.78, 5) is 32.0. The van der Waals surface area contributed by atoms with Gasteiger partial charge in [-0.2, -0.15) is 0 Å². The van der Waals surface area contributed by atoms with Crippen LogP contribution < -0.4 is 0 Å². The zero-order valence-corrected chi connectivity index (χ0v) is 9.38. The van der Waals surface area contributed by atoms with E-state index >= 15 is 0 Å². The van der Waals surface area contributed by atoms with E-state index in [1.54, 1.807) is 6.92 Å². The SMILES string of the molecule is COC(=O)C(C)c1ccc(C=O)c([N+](=O)[O-])c1. The van der Waals surface area contributed by atoms with Crippen LogP contribution in [0.2, 0.25) is 0 Å². The number of rotatable bonds is 4. The van der Waals surface area contributed by atoms with Gasteiger partial charge in [0.2, 0.25) is 0 Å². The average molecular weight is 237 g/mol. The number of carbonyl (C=O) groups is 2. The smallest absolute Gasteiger partial charge is 0.312 e. The van der Waals surface area contributed by atoms with Crippen molar-refractivity contribution >= 4 is 17.9 Å². The summed E-state index contributed by atoms with van der Waals surface area (Å²) in [6, 6.07) is 4.03. The molecule has 0 saturated carbocycles. The molecule has 6 heteroatoms. The van der Waals surface area contributed by atoms with Crippen LogP contribution in [-0.2, 0) is 9.53 Å². The van der Waals surface area contributed by atoms with Crippen molar-refractivity contribution in [1.29, 1.82) is 0 Å². The monoisotopic (exact) mass is 237 g/mol. The third kappa shape index (κ3) is 2.66. The molecule has 0 heterocycles. The van der Waals surface area contributed by atoms with Crippen LogP contribution in [0, 0.1) is 10.1 Å². The molecule has 0 spiro atoms. The fourth-order valence-corrected chi connectivity index (χ4v) is 1.40. The molecule has 0 aliphatic rings. The Balaban J connectivity index is 3.20. The molecule has 0 fully saturated rings. The van der Waals surface area contributed by atoms with Crippen LogP contribution in [0.4, 0.5) is 5.69 Å². The van der Waals surface area contributed by atoms with Crippen molar-refractivity contribution in [3.05, 3.63) is 39.4 Å². The molecule has 0 N–H and O–H groups in total. The molecule has 90 valence electrons. The first-order chi connectivity index (χ1) is 8.01. The molecule has 0 saturated heterocycles. The summed E-state index contributed by atoms with van der Waals surface area (Å²) in [6.45, 7) is 1.57. The van der Waals surface area contributed by atoms with Crippen molar-refractivity contribution in [2.45, 2.75) is 12.8 Å². The van der Waals surface area contributed by atoms with Gasteiger partial charge in [-0.1, -0.05) is 6.07 Å². The molecule has 1 aromatic rings. The van der Waals surface area contributed by atoms with E-state index in [2.05, 4.69) is 4.74 Å². The van der Waals surface area contributed by atoms with Gasteiger partial charge in [0, 0.05) is 6.07 Å². The fourth-order valence-electron chi connectivity index (χ4n) is 1.40. The van der Waals surface area contributed by atoms with Crippen LogP contribution in [0.15, 0.2) is 18.2 Å². The van der Waals surface area contributed by atoms with Crippen LogP contribution >= 0.6 is 0 Å². The number of hydrogen-bond donors (Lipinski definition) is 0. The van der Waals surface area contributed by atoms with E-state index in [0.29, 0.717) is 11.8 Å². The van der Waals surface area contributed by atoms with E-state index in [9.17, 15) is 19.7 Å². The van der Waals surface area contributed by atoms with Crippen LogP contribution in [-0.4, -0.2) is 24.3 Å². The molecule has 1 aromatic carbocycles. The Kier molecular flexibility index (Phi) is 3.92. The first-order valence-electron chi connectivity index (χ1n) is 4.82. The number of nitro benzene ring substituents is 1. The molecule has 0 aliphatic heterocycles. The fraction of sp³-hybridized carbons (Fsp3) is 0.273. The number of ether oxygens (including phenoxy) is 1. The second-order valence-electron chi connectivity index (χ2n) is 3.44. The topological polar surface area (TPSA) is 86.5 Å². The van der Waals surface area contributed by atoms with Crippen LogP contribution in [0.3, 0.4) is 0 Å². The molecule has 0 radical (unpaired) electrons. The number of nitrogens with zero attached hydrogens (tertiary/aromatic N) is 1. The van der Waals surface area contributed by atoms with Gasteiger partial charge < -0.3 is 4.74 Å². The van der Waals surface area contributed by atoms with Gasteiger partial charge in [0.25, 0.3) is 5.69 Å². The Labute approximate surface area is 97.3 Å². The maximum absolute atomic E-state index is 11.3. The molecule has 0 amide bonds. The summed E-state index contributed by atoms with van der Waals surface area (Å²) in [6.07, 6.45) is 0.407. The van der Waals surface area contributed by atoms with Crippen molar-refractivity contribution in [3.63, 3.8) is 0 Å². The van der Waals surface area contributed by atoms with Crippen molar-refractivity contribution in [3.8, 4) is 0 Å². The molecular weight excluding hydrogens is 226 g/mol. The second-order valence-corrected chi connectivity index (χ2v) is 3.44. The van der Waals surface area contributed by atoms with Crippen molar-refractivity contribution in [2.75, 3.05) is 7.11 Å². The number of methoxy groups -OCH3 is 1. The van der Waals surface area contributed by atoms with Gasteiger partial charge in [0.15, 0.2) is 6.29 Å². The Hall–Kier alpha value is -2.24. The van der Waals surface area contributed by atoms with Gasteiger partial charge in [-0.15, -0.1) is 0 Å². The molecule has 17 heavy (non-hydrogen) atoms. The largest absolute Gasteiger partial charge is 0.469 e. The molecule has 0 aliphatic carbocycles. The number of carbonyl (C=O) groups excluding carboxylic acids is 2. The van der Waals surface area contributed by atoms with Gasteiger partial charge >= 0.3 is 5.97 Å². The minimum absolute atomic E-state index is 0.0178. The standard InChI is InChI=1S/C11H11NO5/c1-7(11(14)17-2)8-3-4-9(6-13)10(5-8)12(15)16/h3-7H,1-2H3. The van der Waals surface area contributed by atoms with Gasteiger partial charge in [-0.05, 0) is 18.6 Å². The third-order valence-electron chi connectivity index (χ3n) is 2.43. The van der Waals surface area contributed by atoms with E-state index in [4.69, 9.17) is 0 Å². The van der Waals surface area contributed by atoms with Crippen LogP contribution in [0.25, 0.3) is 0 Å². The van der Waals surface area contributed by atoms with Crippen molar-refractivity contribution in [1.82, 2.24) is 0 Å². The first kappa shape index (κ1) is 12.8. The minimum atomic E-state index is -0.656. The Morgan fingerprint density at radius 2 is 2.18 bits per heavy atom. The molecule has 1 atom stereocenters. The minimum Gasteiger partial charge on any atom is -0.469 e. The highest BCUT2D eigenvalue weighted by Crippen LogP contribution is 2.24. The number of aldehydes is 1. The highest BCUT2D eigenvalue weighted by Gasteiger charge is 2.20. The third-order valence-corrected chi connectivity index (χ3v) is 2.43. The maximum Gasteiger partial charge on any atom is 0.312 e. The summed E-state index contributed by atoms with van der Waals surface area (Å²) < 4.78 is 4.54.